The van der Waals surface area contributed by atoms with Gasteiger partial charge in [0.05, 0.1) is 0 Å². The van der Waals surface area contributed by atoms with Crippen molar-refractivity contribution in [2.75, 3.05) is 0 Å². The van der Waals surface area contributed by atoms with E-state index >= 15 is 0 Å². The standard InChI is InChI=1S/C6H7NO2S/c1-10(8,9)6-4-2-3-5-7-6/h2-5H,1H2,(H,8,9). The van der Waals surface area contributed by atoms with Gasteiger partial charge in [0.15, 0.2) is 0 Å². The zero-order valence-electron chi connectivity index (χ0n) is 5.23. The highest BCUT2D eigenvalue weighted by atomic mass is 32.2. The first-order valence-electron chi connectivity index (χ1n) is 2.61. The van der Waals surface area contributed by atoms with Crippen molar-refractivity contribution in [1.82, 2.24) is 4.98 Å². The summed E-state index contributed by atoms with van der Waals surface area (Å²) in [4.78, 5) is 3.66. The van der Waals surface area contributed by atoms with Gasteiger partial charge in [-0.3, -0.25) is 0 Å². The van der Waals surface area contributed by atoms with Crippen LogP contribution < -0.4 is 0 Å². The van der Waals surface area contributed by atoms with Crippen LogP contribution in [0.5, 0.6) is 0 Å². The summed E-state index contributed by atoms with van der Waals surface area (Å²) in [5.74, 6) is 3.06. The molecule has 0 spiro atoms. The number of aromatic nitrogens is 1. The summed E-state index contributed by atoms with van der Waals surface area (Å²) in [5, 5.41) is 0.120. The molecule has 4 heteroatoms. The van der Waals surface area contributed by atoms with Crippen molar-refractivity contribution in [2.24, 2.45) is 0 Å². The average molecular weight is 157 g/mol. The number of pyridine rings is 1. The minimum atomic E-state index is -3.11. The first kappa shape index (κ1) is 7.24. The minimum absolute atomic E-state index is 0.120. The molecule has 0 radical (unpaired) electrons. The van der Waals surface area contributed by atoms with Gasteiger partial charge in [0, 0.05) is 6.20 Å². The summed E-state index contributed by atoms with van der Waals surface area (Å²) in [6.07, 6.45) is 1.45. The highest BCUT2D eigenvalue weighted by molar-refractivity contribution is 7.95. The fourth-order valence-corrected chi connectivity index (χ4v) is 1.05. The summed E-state index contributed by atoms with van der Waals surface area (Å²) in [6, 6.07) is 4.79. The zero-order chi connectivity index (χ0) is 7.61. The lowest BCUT2D eigenvalue weighted by molar-refractivity contribution is 0.556. The molecule has 1 aromatic heterocycles. The Hall–Kier alpha value is -0.870. The Labute approximate surface area is 59.6 Å². The van der Waals surface area contributed by atoms with Crippen LogP contribution >= 0.6 is 0 Å². The van der Waals surface area contributed by atoms with Gasteiger partial charge in [-0.15, -0.1) is 0 Å². The quantitative estimate of drug-likeness (QED) is 0.608. The van der Waals surface area contributed by atoms with E-state index in [4.69, 9.17) is 4.55 Å². The van der Waals surface area contributed by atoms with Crippen molar-refractivity contribution >= 4 is 15.7 Å². The van der Waals surface area contributed by atoms with E-state index in [1.165, 1.54) is 12.3 Å². The van der Waals surface area contributed by atoms with E-state index in [1.54, 1.807) is 12.1 Å². The van der Waals surface area contributed by atoms with Crippen LogP contribution in [0.3, 0.4) is 0 Å². The molecular formula is C6H7NO2S. The van der Waals surface area contributed by atoms with E-state index in [0.29, 0.717) is 0 Å². The Morgan fingerprint density at radius 2 is 2.30 bits per heavy atom. The number of hydrogen-bond donors (Lipinski definition) is 1. The van der Waals surface area contributed by atoms with Gasteiger partial charge < -0.3 is 4.55 Å². The Balaban J connectivity index is 3.22. The molecule has 0 saturated carbocycles. The third-order valence-electron chi connectivity index (χ3n) is 0.965. The third kappa shape index (κ3) is 1.55. The first-order valence-corrected chi connectivity index (χ1v) is 4.30. The van der Waals surface area contributed by atoms with E-state index in [1.807, 2.05) is 0 Å². The van der Waals surface area contributed by atoms with Crippen LogP contribution in [0.15, 0.2) is 29.4 Å². The van der Waals surface area contributed by atoms with Crippen molar-refractivity contribution in [1.29, 1.82) is 0 Å². The van der Waals surface area contributed by atoms with E-state index in [0.717, 1.165) is 0 Å². The molecule has 0 aliphatic carbocycles. The summed E-state index contributed by atoms with van der Waals surface area (Å²) in [6.45, 7) is 0. The molecule has 0 saturated heterocycles. The molecule has 0 bridgehead atoms. The van der Waals surface area contributed by atoms with Gasteiger partial charge in [-0.25, -0.2) is 9.19 Å². The molecule has 1 atom stereocenters. The van der Waals surface area contributed by atoms with Crippen molar-refractivity contribution in [2.45, 2.75) is 5.03 Å². The fraction of sp³-hybridized carbons (Fsp3) is 0. The Bertz CT molecular complexity index is 304. The smallest absolute Gasteiger partial charge is 0.143 e. The average Bonchev–Trinajstić information content (AvgIpc) is 1.88. The molecule has 0 aromatic carbocycles. The summed E-state index contributed by atoms with van der Waals surface area (Å²) in [7, 11) is -3.11. The molecule has 1 aromatic rings. The van der Waals surface area contributed by atoms with Gasteiger partial charge in [0.2, 0.25) is 0 Å². The molecule has 0 aliphatic heterocycles. The molecule has 1 heterocycles. The second-order valence-electron chi connectivity index (χ2n) is 1.81. The number of hydrogen-bond acceptors (Lipinski definition) is 2. The molecule has 1 rings (SSSR count). The Morgan fingerprint density at radius 3 is 2.60 bits per heavy atom. The SMILES string of the molecule is C=S(=O)(O)c1ccccn1. The molecule has 0 amide bonds. The largest absolute Gasteiger partial charge is 0.309 e. The zero-order valence-corrected chi connectivity index (χ0v) is 6.04. The van der Waals surface area contributed by atoms with Crippen LogP contribution in [0.25, 0.3) is 0 Å². The van der Waals surface area contributed by atoms with Crippen LogP contribution in [-0.2, 0) is 9.80 Å². The molecule has 0 aliphatic rings. The minimum Gasteiger partial charge on any atom is -0.309 e. The molecule has 10 heavy (non-hydrogen) atoms. The summed E-state index contributed by atoms with van der Waals surface area (Å²) < 4.78 is 19.6. The van der Waals surface area contributed by atoms with E-state index in [9.17, 15) is 4.21 Å². The normalized spacial score (nSPS) is 16.1. The lowest BCUT2D eigenvalue weighted by Gasteiger charge is -1.96. The van der Waals surface area contributed by atoms with Gasteiger partial charge in [-0.05, 0) is 18.0 Å². The van der Waals surface area contributed by atoms with Crippen molar-refractivity contribution in [3.63, 3.8) is 0 Å². The van der Waals surface area contributed by atoms with Gasteiger partial charge in [-0.2, -0.15) is 0 Å². The van der Waals surface area contributed by atoms with Crippen molar-refractivity contribution < 1.29 is 8.76 Å². The van der Waals surface area contributed by atoms with Crippen LogP contribution in [0.4, 0.5) is 0 Å². The van der Waals surface area contributed by atoms with Gasteiger partial charge in [0.25, 0.3) is 0 Å². The topological polar surface area (TPSA) is 50.2 Å². The number of rotatable bonds is 1. The summed E-state index contributed by atoms with van der Waals surface area (Å²) >= 11 is 0. The maximum Gasteiger partial charge on any atom is 0.143 e. The lowest BCUT2D eigenvalue weighted by Crippen LogP contribution is -1.99. The second-order valence-corrected chi connectivity index (χ2v) is 3.51. The molecule has 3 nitrogen and oxygen atoms in total. The maximum absolute atomic E-state index is 10.8. The second kappa shape index (κ2) is 2.40. The fourth-order valence-electron chi connectivity index (χ4n) is 0.536. The molecule has 1 N–H and O–H groups in total. The van der Waals surface area contributed by atoms with Gasteiger partial charge in [-0.1, -0.05) is 6.07 Å². The Kier molecular flexibility index (Phi) is 1.74. The van der Waals surface area contributed by atoms with Crippen LogP contribution in [0.1, 0.15) is 0 Å². The predicted molar refractivity (Wildman–Crippen MR) is 40.4 cm³/mol. The Morgan fingerprint density at radius 1 is 1.60 bits per heavy atom. The van der Waals surface area contributed by atoms with Gasteiger partial charge in [0.1, 0.15) is 14.8 Å². The maximum atomic E-state index is 10.8. The summed E-state index contributed by atoms with van der Waals surface area (Å²) in [5.41, 5.74) is 0. The van der Waals surface area contributed by atoms with Crippen LogP contribution in [0, 0.1) is 0 Å². The van der Waals surface area contributed by atoms with E-state index < -0.39 is 9.80 Å². The molecule has 1 unspecified atom stereocenters. The number of nitrogens with zero attached hydrogens (tertiary/aromatic N) is 1. The monoisotopic (exact) mass is 157 g/mol. The highest BCUT2D eigenvalue weighted by Crippen LogP contribution is 2.00. The molecule has 54 valence electrons. The van der Waals surface area contributed by atoms with Crippen molar-refractivity contribution in [3.8, 4) is 0 Å². The van der Waals surface area contributed by atoms with E-state index in [2.05, 4.69) is 10.9 Å². The predicted octanol–water partition coefficient (Wildman–Crippen LogP) is 0.630. The third-order valence-corrected chi connectivity index (χ3v) is 1.86. The van der Waals surface area contributed by atoms with Gasteiger partial charge >= 0.3 is 0 Å². The first-order chi connectivity index (χ1) is 4.61. The van der Waals surface area contributed by atoms with E-state index in [-0.39, 0.29) is 5.03 Å². The lowest BCUT2D eigenvalue weighted by atomic mass is 10.5. The van der Waals surface area contributed by atoms with Crippen molar-refractivity contribution in [3.05, 3.63) is 24.4 Å². The van der Waals surface area contributed by atoms with Crippen LogP contribution in [-0.4, -0.2) is 19.6 Å². The van der Waals surface area contributed by atoms with Crippen LogP contribution in [0.2, 0.25) is 0 Å². The molecular weight excluding hydrogens is 150 g/mol. The highest BCUT2D eigenvalue weighted by Gasteiger charge is 2.00. The molecule has 0 fully saturated rings.